The average Bonchev–Trinajstić information content (AvgIpc) is 2.10. The van der Waals surface area contributed by atoms with Crippen molar-refractivity contribution in [2.24, 2.45) is 9.98 Å². The van der Waals surface area contributed by atoms with Crippen molar-refractivity contribution < 1.29 is 0 Å². The number of nitrogens with zero attached hydrogens (tertiary/aromatic N) is 3. The lowest BCUT2D eigenvalue weighted by Gasteiger charge is -1.88. The van der Waals surface area contributed by atoms with Gasteiger partial charge in [0.2, 0.25) is 0 Å². The molecule has 0 radical (unpaired) electrons. The summed E-state index contributed by atoms with van der Waals surface area (Å²) >= 11 is 0. The molecule has 0 bridgehead atoms. The van der Waals surface area contributed by atoms with Gasteiger partial charge in [0, 0.05) is 19.0 Å². The molecule has 0 aliphatic carbocycles. The lowest BCUT2D eigenvalue weighted by molar-refractivity contribution is 0.810. The maximum absolute atomic E-state index is 8.52. The van der Waals surface area contributed by atoms with E-state index in [1.165, 1.54) is 12.4 Å². The molecule has 0 saturated carbocycles. The van der Waals surface area contributed by atoms with Crippen molar-refractivity contribution in [3.63, 3.8) is 0 Å². The summed E-state index contributed by atoms with van der Waals surface area (Å²) in [4.78, 5) is 7.53. The average molecular weight is 163 g/mol. The molecule has 0 spiro atoms. The normalized spacial score (nSPS) is 11.5. The van der Waals surface area contributed by atoms with Gasteiger partial charge in [-0.2, -0.15) is 5.26 Å². The molecule has 64 valence electrons. The van der Waals surface area contributed by atoms with E-state index in [1.54, 1.807) is 0 Å². The van der Waals surface area contributed by atoms with Gasteiger partial charge in [-0.1, -0.05) is 13.3 Å². The molecule has 0 rings (SSSR count). The van der Waals surface area contributed by atoms with Gasteiger partial charge >= 0.3 is 0 Å². The third-order valence-corrected chi connectivity index (χ3v) is 1.23. The molecule has 3 heteroatoms. The maximum atomic E-state index is 8.52. The Labute approximate surface area is 73.2 Å². The fraction of sp³-hybridized carbons (Fsp3) is 0.444. The van der Waals surface area contributed by atoms with Crippen LogP contribution in [0.4, 0.5) is 0 Å². The Bertz CT molecular complexity index is 220. The smallest absolute Gasteiger partial charge is 0.102 e. The van der Waals surface area contributed by atoms with Crippen molar-refractivity contribution >= 4 is 12.9 Å². The Hall–Kier alpha value is -1.43. The van der Waals surface area contributed by atoms with E-state index in [0.717, 1.165) is 19.4 Å². The summed E-state index contributed by atoms with van der Waals surface area (Å²) in [5, 5.41) is 8.52. The number of rotatable bonds is 5. The molecule has 0 amide bonds. The molecule has 0 fully saturated rings. The number of hydrogen-bond donors (Lipinski definition) is 0. The van der Waals surface area contributed by atoms with Gasteiger partial charge in [-0.15, -0.1) is 0 Å². The quantitative estimate of drug-likeness (QED) is 0.347. The zero-order chi connectivity index (χ0) is 9.23. The van der Waals surface area contributed by atoms with Crippen molar-refractivity contribution in [3.05, 3.63) is 11.8 Å². The van der Waals surface area contributed by atoms with E-state index in [9.17, 15) is 0 Å². The first kappa shape index (κ1) is 10.6. The molecule has 0 unspecified atom stereocenters. The first-order valence-corrected chi connectivity index (χ1v) is 3.91. The molecule has 3 nitrogen and oxygen atoms in total. The van der Waals surface area contributed by atoms with Crippen molar-refractivity contribution in [1.82, 2.24) is 0 Å². The summed E-state index contributed by atoms with van der Waals surface area (Å²) in [6.07, 6.45) is 5.10. The van der Waals surface area contributed by atoms with Crippen LogP contribution in [0.1, 0.15) is 19.8 Å². The molecule has 0 aromatic heterocycles. The van der Waals surface area contributed by atoms with Gasteiger partial charge in [-0.05, 0) is 13.1 Å². The Kier molecular flexibility index (Phi) is 6.76. The summed E-state index contributed by atoms with van der Waals surface area (Å²) in [6.45, 7) is 6.12. The first-order valence-electron chi connectivity index (χ1n) is 3.91. The standard InChI is InChI=1S/C9H13N3/c1-3-4-5-12-8-9(6-10)7-11-2/h7-8H,2-5H2,1H3/b9-7-,12-8-. The second-order valence-electron chi connectivity index (χ2n) is 2.27. The summed E-state index contributed by atoms with van der Waals surface area (Å²) < 4.78 is 0. The second-order valence-corrected chi connectivity index (χ2v) is 2.27. The zero-order valence-corrected chi connectivity index (χ0v) is 7.32. The minimum Gasteiger partial charge on any atom is -0.292 e. The number of allylic oxidation sites excluding steroid dienone is 1. The first-order chi connectivity index (χ1) is 5.85. The van der Waals surface area contributed by atoms with Crippen LogP contribution >= 0.6 is 0 Å². The van der Waals surface area contributed by atoms with Crippen LogP contribution in [0.2, 0.25) is 0 Å². The Morgan fingerprint density at radius 1 is 1.67 bits per heavy atom. The largest absolute Gasteiger partial charge is 0.292 e. The summed E-state index contributed by atoms with van der Waals surface area (Å²) in [7, 11) is 0. The van der Waals surface area contributed by atoms with Crippen LogP contribution in [0.3, 0.4) is 0 Å². The van der Waals surface area contributed by atoms with Gasteiger partial charge in [-0.3, -0.25) is 9.98 Å². The van der Waals surface area contributed by atoms with E-state index < -0.39 is 0 Å². The van der Waals surface area contributed by atoms with Crippen LogP contribution in [-0.2, 0) is 0 Å². The van der Waals surface area contributed by atoms with E-state index in [1.807, 2.05) is 6.07 Å². The third-order valence-electron chi connectivity index (χ3n) is 1.23. The highest BCUT2D eigenvalue weighted by molar-refractivity contribution is 5.83. The van der Waals surface area contributed by atoms with Crippen molar-refractivity contribution in [1.29, 1.82) is 5.26 Å². The molecule has 0 N–H and O–H groups in total. The van der Waals surface area contributed by atoms with Crippen LogP contribution in [0.5, 0.6) is 0 Å². The fourth-order valence-corrected chi connectivity index (χ4v) is 0.602. The molecule has 0 aliphatic heterocycles. The molecule has 0 saturated heterocycles. The summed E-state index contributed by atoms with van der Waals surface area (Å²) in [5.74, 6) is 0. The molecule has 0 aromatic carbocycles. The number of nitriles is 1. The molecule has 0 aliphatic rings. The number of hydrogen-bond acceptors (Lipinski definition) is 3. The highest BCUT2D eigenvalue weighted by atomic mass is 14.7. The minimum atomic E-state index is 0.445. The Morgan fingerprint density at radius 2 is 2.42 bits per heavy atom. The van der Waals surface area contributed by atoms with E-state index in [2.05, 4.69) is 23.6 Å². The van der Waals surface area contributed by atoms with Crippen molar-refractivity contribution in [2.45, 2.75) is 19.8 Å². The zero-order valence-electron chi connectivity index (χ0n) is 7.32. The predicted octanol–water partition coefficient (Wildman–Crippen LogP) is 1.97. The SMILES string of the molecule is C=N/C=C(C#N)\C=N/CCCC. The molecular formula is C9H13N3. The highest BCUT2D eigenvalue weighted by Crippen LogP contribution is 1.90. The molecule has 0 atom stereocenters. The Balaban J connectivity index is 3.87. The maximum Gasteiger partial charge on any atom is 0.102 e. The lowest BCUT2D eigenvalue weighted by atomic mass is 10.3. The minimum absolute atomic E-state index is 0.445. The summed E-state index contributed by atoms with van der Waals surface area (Å²) in [6, 6.07) is 1.96. The van der Waals surface area contributed by atoms with Gasteiger partial charge in [0.25, 0.3) is 0 Å². The Morgan fingerprint density at radius 3 is 2.92 bits per heavy atom. The topological polar surface area (TPSA) is 48.5 Å². The monoisotopic (exact) mass is 163 g/mol. The molecule has 0 heterocycles. The van der Waals surface area contributed by atoms with E-state index in [-0.39, 0.29) is 0 Å². The lowest BCUT2D eigenvalue weighted by Crippen LogP contribution is -1.83. The van der Waals surface area contributed by atoms with Gasteiger partial charge in [-0.25, -0.2) is 0 Å². The van der Waals surface area contributed by atoms with Crippen molar-refractivity contribution in [3.8, 4) is 6.07 Å². The molecule has 12 heavy (non-hydrogen) atoms. The van der Waals surface area contributed by atoms with Crippen LogP contribution in [0, 0.1) is 11.3 Å². The highest BCUT2D eigenvalue weighted by Gasteiger charge is 1.86. The number of unbranched alkanes of at least 4 members (excludes halogenated alkanes) is 1. The van der Waals surface area contributed by atoms with Gasteiger partial charge in [0.1, 0.15) is 6.07 Å². The van der Waals surface area contributed by atoms with Crippen LogP contribution < -0.4 is 0 Å². The van der Waals surface area contributed by atoms with Crippen molar-refractivity contribution in [2.75, 3.05) is 6.54 Å². The van der Waals surface area contributed by atoms with Gasteiger partial charge in [0.15, 0.2) is 0 Å². The van der Waals surface area contributed by atoms with E-state index in [0.29, 0.717) is 5.57 Å². The van der Waals surface area contributed by atoms with Crippen LogP contribution in [0.15, 0.2) is 21.8 Å². The summed E-state index contributed by atoms with van der Waals surface area (Å²) in [5.41, 5.74) is 0.445. The number of aliphatic imine (C=N–C) groups is 2. The van der Waals surface area contributed by atoms with E-state index >= 15 is 0 Å². The van der Waals surface area contributed by atoms with Crippen LogP contribution in [-0.4, -0.2) is 19.5 Å². The fourth-order valence-electron chi connectivity index (χ4n) is 0.602. The van der Waals surface area contributed by atoms with Gasteiger partial charge in [0.05, 0.1) is 5.57 Å². The van der Waals surface area contributed by atoms with Gasteiger partial charge < -0.3 is 0 Å². The molecular weight excluding hydrogens is 150 g/mol. The van der Waals surface area contributed by atoms with E-state index in [4.69, 9.17) is 5.26 Å². The van der Waals surface area contributed by atoms with Crippen LogP contribution in [0.25, 0.3) is 0 Å². The predicted molar refractivity (Wildman–Crippen MR) is 51.5 cm³/mol. The second kappa shape index (κ2) is 7.67. The molecule has 0 aromatic rings. The third kappa shape index (κ3) is 5.36.